The lowest BCUT2D eigenvalue weighted by atomic mass is 9.88. The Kier molecular flexibility index (Phi) is 7.93. The van der Waals surface area contributed by atoms with E-state index in [9.17, 15) is 9.59 Å². The van der Waals surface area contributed by atoms with Crippen LogP contribution in [0.4, 0.5) is 0 Å². The zero-order chi connectivity index (χ0) is 27.4. The van der Waals surface area contributed by atoms with E-state index in [1.807, 2.05) is 72.7 Å². The molecule has 1 aromatic heterocycles. The first-order valence-electron chi connectivity index (χ1n) is 12.9. The van der Waals surface area contributed by atoms with Crippen molar-refractivity contribution >= 4 is 34.5 Å². The van der Waals surface area contributed by atoms with Crippen molar-refractivity contribution < 1.29 is 14.3 Å². The summed E-state index contributed by atoms with van der Waals surface area (Å²) in [6, 6.07) is 21.0. The molecule has 0 aliphatic carbocycles. The Labute approximate surface area is 232 Å². The van der Waals surface area contributed by atoms with Gasteiger partial charge in [0.1, 0.15) is 0 Å². The quantitative estimate of drug-likeness (QED) is 0.372. The molecule has 8 heteroatoms. The van der Waals surface area contributed by atoms with Crippen molar-refractivity contribution in [3.05, 3.63) is 118 Å². The van der Waals surface area contributed by atoms with E-state index < -0.39 is 12.0 Å². The second-order valence-electron chi connectivity index (χ2n) is 9.38. The highest BCUT2D eigenvalue weighted by molar-refractivity contribution is 8.16. The second kappa shape index (κ2) is 11.7. The van der Waals surface area contributed by atoms with E-state index in [2.05, 4.69) is 28.5 Å². The first-order chi connectivity index (χ1) is 19.0. The van der Waals surface area contributed by atoms with Gasteiger partial charge in [-0.05, 0) is 49.4 Å². The summed E-state index contributed by atoms with van der Waals surface area (Å²) in [4.78, 5) is 38.0. The third-order valence-corrected chi connectivity index (χ3v) is 7.51. The van der Waals surface area contributed by atoms with Gasteiger partial charge in [0.15, 0.2) is 5.17 Å². The zero-order valence-corrected chi connectivity index (χ0v) is 23.0. The van der Waals surface area contributed by atoms with Gasteiger partial charge in [-0.25, -0.2) is 9.79 Å². The number of nitrogens with zero attached hydrogens (tertiary/aromatic N) is 3. The first kappa shape index (κ1) is 26.4. The third kappa shape index (κ3) is 5.66. The van der Waals surface area contributed by atoms with Crippen LogP contribution in [0.1, 0.15) is 47.3 Å². The number of carbonyl (C=O) groups is 2. The number of benzene rings is 2. The molecule has 3 heterocycles. The van der Waals surface area contributed by atoms with Gasteiger partial charge in [0.25, 0.3) is 0 Å². The summed E-state index contributed by atoms with van der Waals surface area (Å²) in [6.45, 7) is 6.46. The van der Waals surface area contributed by atoms with Gasteiger partial charge >= 0.3 is 5.97 Å². The molecule has 0 fully saturated rings. The van der Waals surface area contributed by atoms with E-state index in [1.54, 1.807) is 13.1 Å². The molecule has 0 radical (unpaired) electrons. The van der Waals surface area contributed by atoms with E-state index in [1.165, 1.54) is 11.8 Å². The minimum absolute atomic E-state index is 0.135. The minimum Gasteiger partial charge on any atom is -0.463 e. The van der Waals surface area contributed by atoms with Crippen LogP contribution >= 0.6 is 11.8 Å². The van der Waals surface area contributed by atoms with Gasteiger partial charge in [0, 0.05) is 17.5 Å². The first-order valence-corrected chi connectivity index (χ1v) is 13.8. The van der Waals surface area contributed by atoms with Gasteiger partial charge in [0.2, 0.25) is 5.91 Å². The van der Waals surface area contributed by atoms with Crippen molar-refractivity contribution in [2.24, 2.45) is 4.99 Å². The molecule has 1 unspecified atom stereocenters. The largest absolute Gasteiger partial charge is 0.463 e. The van der Waals surface area contributed by atoms with Crippen molar-refractivity contribution in [1.82, 2.24) is 15.2 Å². The number of fused-ring (bicyclic) bond motifs is 1. The van der Waals surface area contributed by atoms with Gasteiger partial charge in [-0.1, -0.05) is 71.9 Å². The topological polar surface area (TPSA) is 83.9 Å². The van der Waals surface area contributed by atoms with E-state index in [0.717, 1.165) is 38.8 Å². The van der Waals surface area contributed by atoms with Crippen LogP contribution in [-0.4, -0.2) is 33.5 Å². The number of carbonyl (C=O) groups excluding carboxylic acids is 2. The normalized spacial score (nSPS) is 16.4. The summed E-state index contributed by atoms with van der Waals surface area (Å²) in [7, 11) is 0. The molecule has 2 aliphatic heterocycles. The minimum atomic E-state index is -0.503. The summed E-state index contributed by atoms with van der Waals surface area (Å²) in [5.41, 5.74) is 6.54. The Morgan fingerprint density at radius 1 is 1.05 bits per heavy atom. The molecule has 5 rings (SSSR count). The monoisotopic (exact) mass is 538 g/mol. The highest BCUT2D eigenvalue weighted by Gasteiger charge is 2.42. The number of aliphatic imine (C=N–C) groups is 1. The summed E-state index contributed by atoms with van der Waals surface area (Å²) in [6.07, 6.45) is 1.84. The van der Waals surface area contributed by atoms with Crippen molar-refractivity contribution in [2.75, 3.05) is 6.61 Å². The number of thioether (sulfide) groups is 1. The lowest BCUT2D eigenvalue weighted by Gasteiger charge is -2.37. The van der Waals surface area contributed by atoms with Crippen LogP contribution in [0, 0.1) is 13.8 Å². The molecule has 1 atom stereocenters. The number of ether oxygens (including phenoxy) is 1. The van der Waals surface area contributed by atoms with Gasteiger partial charge in [-0.2, -0.15) is 0 Å². The van der Waals surface area contributed by atoms with Gasteiger partial charge in [0.05, 0.1) is 42.6 Å². The molecule has 2 aliphatic rings. The lowest BCUT2D eigenvalue weighted by Crippen LogP contribution is -2.38. The van der Waals surface area contributed by atoms with Crippen LogP contribution in [-0.2, 0) is 20.9 Å². The Morgan fingerprint density at radius 2 is 1.85 bits per heavy atom. The van der Waals surface area contributed by atoms with Crippen molar-refractivity contribution in [1.29, 1.82) is 0 Å². The summed E-state index contributed by atoms with van der Waals surface area (Å²) >= 11 is 1.46. The van der Waals surface area contributed by atoms with Crippen LogP contribution in [0.2, 0.25) is 0 Å². The molecule has 0 spiro atoms. The number of aromatic nitrogens is 1. The Bertz CT molecular complexity index is 1480. The molecule has 3 aromatic rings. The molecule has 1 amide bonds. The highest BCUT2D eigenvalue weighted by atomic mass is 32.2. The van der Waals surface area contributed by atoms with Crippen LogP contribution in [0.15, 0.2) is 94.6 Å². The molecule has 7 nitrogen and oxygen atoms in total. The van der Waals surface area contributed by atoms with Gasteiger partial charge < -0.3 is 15.0 Å². The van der Waals surface area contributed by atoms with Crippen LogP contribution < -0.4 is 5.32 Å². The maximum absolute atomic E-state index is 13.7. The molecular weight excluding hydrogens is 508 g/mol. The number of rotatable bonds is 8. The predicted molar refractivity (Wildman–Crippen MR) is 154 cm³/mol. The average Bonchev–Trinajstić information content (AvgIpc) is 3.35. The summed E-state index contributed by atoms with van der Waals surface area (Å²) in [5, 5.41) is 5.64. The number of nitrogens with one attached hydrogen (secondary N) is 1. The SMILES string of the molecule is CCOC(=O)C1=C(c2ccccc2)N=C2SC=C(CC(=O)NCc3ccccn3)N2C1c1cc(C)ccc1C. The Morgan fingerprint density at radius 3 is 2.59 bits per heavy atom. The van der Waals surface area contributed by atoms with Gasteiger partial charge in [-0.3, -0.25) is 9.78 Å². The maximum Gasteiger partial charge on any atom is 0.338 e. The van der Waals surface area contributed by atoms with Crippen LogP contribution in [0.3, 0.4) is 0 Å². The molecule has 0 saturated carbocycles. The Hall–Kier alpha value is -4.17. The molecule has 198 valence electrons. The summed E-state index contributed by atoms with van der Waals surface area (Å²) in [5.74, 6) is -0.551. The fourth-order valence-corrected chi connectivity index (χ4v) is 5.67. The van der Waals surface area contributed by atoms with Crippen molar-refractivity contribution in [3.63, 3.8) is 0 Å². The number of pyridine rings is 1. The number of hydrogen-bond donors (Lipinski definition) is 1. The molecule has 1 N–H and O–H groups in total. The van der Waals surface area contributed by atoms with E-state index in [0.29, 0.717) is 17.8 Å². The van der Waals surface area contributed by atoms with Crippen molar-refractivity contribution in [3.8, 4) is 0 Å². The number of esters is 1. The Balaban J connectivity index is 1.56. The van der Waals surface area contributed by atoms with Crippen molar-refractivity contribution in [2.45, 2.75) is 39.8 Å². The fourth-order valence-electron chi connectivity index (χ4n) is 4.76. The zero-order valence-electron chi connectivity index (χ0n) is 22.2. The third-order valence-electron chi connectivity index (χ3n) is 6.62. The van der Waals surface area contributed by atoms with Crippen LogP contribution in [0.25, 0.3) is 5.70 Å². The molecular formula is C31H30N4O3S. The van der Waals surface area contributed by atoms with E-state index >= 15 is 0 Å². The fraction of sp³-hybridized carbons (Fsp3) is 0.226. The molecule has 0 bridgehead atoms. The van der Waals surface area contributed by atoms with E-state index in [-0.39, 0.29) is 18.9 Å². The number of amides is 1. The number of aryl methyl sites for hydroxylation is 2. The maximum atomic E-state index is 13.7. The predicted octanol–water partition coefficient (Wildman–Crippen LogP) is 5.68. The highest BCUT2D eigenvalue weighted by Crippen LogP contribution is 2.47. The standard InChI is InChI=1S/C31H30N4O3S/c1-4-38-30(37)27-28(22-10-6-5-7-11-22)34-31-35(29(27)25-16-20(2)13-14-21(25)3)24(19-39-31)17-26(36)33-18-23-12-8-9-15-32-23/h5-16,19,29H,4,17-18H2,1-3H3,(H,33,36). The van der Waals surface area contributed by atoms with Crippen LogP contribution in [0.5, 0.6) is 0 Å². The second-order valence-corrected chi connectivity index (χ2v) is 10.2. The lowest BCUT2D eigenvalue weighted by molar-refractivity contribution is -0.139. The number of hydrogen-bond acceptors (Lipinski definition) is 7. The molecule has 0 saturated heterocycles. The van der Waals surface area contributed by atoms with E-state index in [4.69, 9.17) is 9.73 Å². The molecule has 2 aromatic carbocycles. The summed E-state index contributed by atoms with van der Waals surface area (Å²) < 4.78 is 5.60. The molecule has 39 heavy (non-hydrogen) atoms. The number of amidine groups is 1. The van der Waals surface area contributed by atoms with Gasteiger partial charge in [-0.15, -0.1) is 0 Å². The average molecular weight is 539 g/mol. The smallest absolute Gasteiger partial charge is 0.338 e.